The maximum Gasteiger partial charge on any atom is 0.179 e. The molecule has 1 rings (SSSR count). The van der Waals surface area contributed by atoms with Gasteiger partial charge >= 0.3 is 0 Å². The van der Waals surface area contributed by atoms with E-state index in [4.69, 9.17) is 23.2 Å². The van der Waals surface area contributed by atoms with E-state index in [-0.39, 0.29) is 27.1 Å². The third-order valence-corrected chi connectivity index (χ3v) is 5.51. The topological polar surface area (TPSA) is 46.2 Å². The molecule has 108 valence electrons. The highest BCUT2D eigenvalue weighted by molar-refractivity contribution is 7.91. The number of nitrogens with one attached hydrogen (secondary N) is 1. The number of benzene rings is 1. The van der Waals surface area contributed by atoms with Gasteiger partial charge in [-0.15, -0.1) is 0 Å². The molecular formula is C13H19Cl2NO2S. The van der Waals surface area contributed by atoms with E-state index in [0.717, 1.165) is 0 Å². The van der Waals surface area contributed by atoms with Crippen molar-refractivity contribution in [3.63, 3.8) is 0 Å². The minimum absolute atomic E-state index is 0.0188. The fourth-order valence-electron chi connectivity index (χ4n) is 1.75. The third-order valence-electron chi connectivity index (χ3n) is 3.03. The first-order valence-electron chi connectivity index (χ1n) is 5.93. The standard InChI is InChI=1S/C13H19Cl2NO2S/c1-13(2,3)12(16-4)8-19(17,18)9-5-6-10(14)11(15)7-9/h5-7,12,16H,8H2,1-4H3. The van der Waals surface area contributed by atoms with Gasteiger partial charge in [0.15, 0.2) is 9.84 Å². The Morgan fingerprint density at radius 3 is 2.21 bits per heavy atom. The summed E-state index contributed by atoms with van der Waals surface area (Å²) in [5, 5.41) is 3.65. The molecule has 0 amide bonds. The average Bonchev–Trinajstić information content (AvgIpc) is 2.28. The molecule has 19 heavy (non-hydrogen) atoms. The lowest BCUT2D eigenvalue weighted by atomic mass is 9.88. The molecule has 1 aromatic rings. The highest BCUT2D eigenvalue weighted by atomic mass is 35.5. The molecule has 1 aromatic carbocycles. The van der Waals surface area contributed by atoms with E-state index < -0.39 is 9.84 Å². The van der Waals surface area contributed by atoms with Gasteiger partial charge in [0.25, 0.3) is 0 Å². The van der Waals surface area contributed by atoms with E-state index in [9.17, 15) is 8.42 Å². The van der Waals surface area contributed by atoms with Crippen LogP contribution >= 0.6 is 23.2 Å². The summed E-state index contributed by atoms with van der Waals surface area (Å²) < 4.78 is 24.7. The Kier molecular flexibility index (Phi) is 5.29. The molecule has 1 N–H and O–H groups in total. The minimum Gasteiger partial charge on any atom is -0.315 e. The lowest BCUT2D eigenvalue weighted by molar-refractivity contribution is 0.302. The van der Waals surface area contributed by atoms with E-state index in [1.165, 1.54) is 18.2 Å². The number of sulfone groups is 1. The van der Waals surface area contributed by atoms with Crippen LogP contribution in [0.5, 0.6) is 0 Å². The van der Waals surface area contributed by atoms with Gasteiger partial charge in [-0.2, -0.15) is 0 Å². The van der Waals surface area contributed by atoms with Gasteiger partial charge in [-0.1, -0.05) is 44.0 Å². The molecule has 0 aromatic heterocycles. The normalized spacial score (nSPS) is 14.4. The molecule has 0 saturated carbocycles. The van der Waals surface area contributed by atoms with Crippen molar-refractivity contribution in [2.45, 2.75) is 31.7 Å². The van der Waals surface area contributed by atoms with Crippen molar-refractivity contribution >= 4 is 33.0 Å². The summed E-state index contributed by atoms with van der Waals surface area (Å²) in [4.78, 5) is 0.200. The Balaban J connectivity index is 3.07. The second-order valence-electron chi connectivity index (χ2n) is 5.56. The van der Waals surface area contributed by atoms with Crippen LogP contribution < -0.4 is 5.32 Å². The van der Waals surface area contributed by atoms with Crippen LogP contribution in [0.1, 0.15) is 20.8 Å². The second-order valence-corrected chi connectivity index (χ2v) is 8.41. The molecule has 6 heteroatoms. The monoisotopic (exact) mass is 323 g/mol. The second kappa shape index (κ2) is 6.00. The average molecular weight is 324 g/mol. The molecule has 1 atom stereocenters. The maximum absolute atomic E-state index is 12.4. The van der Waals surface area contributed by atoms with Crippen molar-refractivity contribution in [2.75, 3.05) is 12.8 Å². The molecule has 1 unspecified atom stereocenters. The van der Waals surface area contributed by atoms with Crippen molar-refractivity contribution in [3.8, 4) is 0 Å². The van der Waals surface area contributed by atoms with Crippen LogP contribution in [-0.4, -0.2) is 27.3 Å². The fraction of sp³-hybridized carbons (Fsp3) is 0.538. The van der Waals surface area contributed by atoms with Crippen molar-refractivity contribution < 1.29 is 8.42 Å². The number of hydrogen-bond donors (Lipinski definition) is 1. The maximum atomic E-state index is 12.4. The van der Waals surface area contributed by atoms with E-state index in [0.29, 0.717) is 5.02 Å². The van der Waals surface area contributed by atoms with Crippen molar-refractivity contribution in [1.82, 2.24) is 5.32 Å². The third kappa shape index (κ3) is 4.35. The van der Waals surface area contributed by atoms with Crippen LogP contribution in [-0.2, 0) is 9.84 Å². The lowest BCUT2D eigenvalue weighted by Crippen LogP contribution is -2.43. The van der Waals surface area contributed by atoms with Gasteiger partial charge in [0.1, 0.15) is 0 Å². The molecule has 0 fully saturated rings. The first kappa shape index (κ1) is 16.8. The summed E-state index contributed by atoms with van der Waals surface area (Å²) in [6.45, 7) is 6.00. The van der Waals surface area contributed by atoms with Crippen LogP contribution in [0.25, 0.3) is 0 Å². The Labute approximate surface area is 125 Å². The molecule has 0 saturated heterocycles. The van der Waals surface area contributed by atoms with Crippen molar-refractivity contribution in [2.24, 2.45) is 5.41 Å². The van der Waals surface area contributed by atoms with Crippen LogP contribution in [0.3, 0.4) is 0 Å². The van der Waals surface area contributed by atoms with Crippen molar-refractivity contribution in [1.29, 1.82) is 0 Å². The number of halogens is 2. The first-order valence-corrected chi connectivity index (χ1v) is 8.34. The summed E-state index contributed by atoms with van der Waals surface area (Å²) >= 11 is 11.7. The predicted molar refractivity (Wildman–Crippen MR) is 80.8 cm³/mol. The highest BCUT2D eigenvalue weighted by Gasteiger charge is 2.29. The van der Waals surface area contributed by atoms with E-state index in [2.05, 4.69) is 5.32 Å². The summed E-state index contributed by atoms with van der Waals surface area (Å²) in [7, 11) is -1.64. The Morgan fingerprint density at radius 2 is 1.79 bits per heavy atom. The Hall–Kier alpha value is -0.290. The molecule has 0 spiro atoms. The molecule has 0 heterocycles. The fourth-order valence-corrected chi connectivity index (χ4v) is 3.99. The molecule has 0 aliphatic rings. The molecule has 0 aliphatic heterocycles. The largest absolute Gasteiger partial charge is 0.315 e. The van der Waals surface area contributed by atoms with Gasteiger partial charge in [0.2, 0.25) is 0 Å². The van der Waals surface area contributed by atoms with Crippen LogP contribution in [0.4, 0.5) is 0 Å². The van der Waals surface area contributed by atoms with Crippen LogP contribution in [0.2, 0.25) is 10.0 Å². The van der Waals surface area contributed by atoms with Gasteiger partial charge in [-0.3, -0.25) is 0 Å². The Bertz CT molecular complexity index is 550. The van der Waals surface area contributed by atoms with Gasteiger partial charge < -0.3 is 5.32 Å². The zero-order valence-electron chi connectivity index (χ0n) is 11.5. The quantitative estimate of drug-likeness (QED) is 0.923. The molecule has 0 aliphatic carbocycles. The summed E-state index contributed by atoms with van der Waals surface area (Å²) in [6.07, 6.45) is 0. The summed E-state index contributed by atoms with van der Waals surface area (Å²) in [6, 6.07) is 4.24. The van der Waals surface area contributed by atoms with Crippen LogP contribution in [0, 0.1) is 5.41 Å². The molecule has 0 radical (unpaired) electrons. The number of hydrogen-bond acceptors (Lipinski definition) is 3. The zero-order chi connectivity index (χ0) is 14.8. The Morgan fingerprint density at radius 1 is 1.21 bits per heavy atom. The van der Waals surface area contributed by atoms with Gasteiger partial charge in [-0.05, 0) is 30.7 Å². The zero-order valence-corrected chi connectivity index (χ0v) is 13.8. The predicted octanol–water partition coefficient (Wildman–Crippen LogP) is 3.40. The summed E-state index contributed by atoms with van der Waals surface area (Å²) in [5.41, 5.74) is -0.155. The van der Waals surface area contributed by atoms with Crippen molar-refractivity contribution in [3.05, 3.63) is 28.2 Å². The molecule has 3 nitrogen and oxygen atoms in total. The SMILES string of the molecule is CNC(CS(=O)(=O)c1ccc(Cl)c(Cl)c1)C(C)(C)C. The van der Waals surface area contributed by atoms with Gasteiger partial charge in [0.05, 0.1) is 20.7 Å². The smallest absolute Gasteiger partial charge is 0.179 e. The minimum atomic E-state index is -3.40. The number of rotatable bonds is 4. The van der Waals surface area contributed by atoms with Crippen LogP contribution in [0.15, 0.2) is 23.1 Å². The van der Waals surface area contributed by atoms with Gasteiger partial charge in [-0.25, -0.2) is 8.42 Å². The van der Waals surface area contributed by atoms with E-state index in [1.54, 1.807) is 7.05 Å². The molecule has 0 bridgehead atoms. The first-order chi connectivity index (χ1) is 8.58. The highest BCUT2D eigenvalue weighted by Crippen LogP contribution is 2.27. The van der Waals surface area contributed by atoms with E-state index >= 15 is 0 Å². The van der Waals surface area contributed by atoms with Gasteiger partial charge in [0, 0.05) is 6.04 Å². The lowest BCUT2D eigenvalue weighted by Gasteiger charge is -2.30. The van der Waals surface area contributed by atoms with E-state index in [1.807, 2.05) is 20.8 Å². The molecular weight excluding hydrogens is 305 g/mol. The summed E-state index contributed by atoms with van der Waals surface area (Å²) in [5.74, 6) is 0.0188.